The summed E-state index contributed by atoms with van der Waals surface area (Å²) in [5, 5.41) is 0.744. The summed E-state index contributed by atoms with van der Waals surface area (Å²) in [6.07, 6.45) is 5.78. The fourth-order valence-electron chi connectivity index (χ4n) is 7.88. The molecule has 2 aliphatic carbocycles. The van der Waals surface area contributed by atoms with Gasteiger partial charge in [-0.25, -0.2) is 4.79 Å². The number of esters is 2. The molecule has 2 fully saturated rings. The van der Waals surface area contributed by atoms with Crippen LogP contribution in [-0.2, 0) is 50.4 Å². The van der Waals surface area contributed by atoms with E-state index in [4.69, 9.17) is 31.3 Å². The van der Waals surface area contributed by atoms with Crippen molar-refractivity contribution in [1.82, 2.24) is 0 Å². The summed E-state index contributed by atoms with van der Waals surface area (Å²) >= 11 is 0. The lowest BCUT2D eigenvalue weighted by Gasteiger charge is -2.49. The third-order valence-electron chi connectivity index (χ3n) is 19.6. The number of hydrogen-bond donors (Lipinski definition) is 0. The van der Waals surface area contributed by atoms with E-state index in [0.717, 1.165) is 31.3 Å². The first-order valence-electron chi connectivity index (χ1n) is 30.1. The standard InChI is InChI=1S/C29H60O5Si3.C26H56O4Si3.C6H14O2Si/c1-27(2,3)35(11,12)32-18-17-23-24(33-36(13,14)28(4,5)6)19-22(21-26(30)31-10)20-25(23)34-37(15,16)29(7,8)9;1-24(2,3)31(10,11)28-17-16-21-22(29-32(12,13)25(4,5)6)18-20(27)19-23(21)30-33(14,15)26(7,8)9;1-8-6(7)5-9(2,3)4/h21,23-25H,17-20H2,1-16H3;21-23H,16-19H2,1-15H3;5H2,1-4H3/t23?,24-,25-;22-,23-;/m11./s1. The Hall–Kier alpha value is -0.372. The molecule has 0 heterocycles. The van der Waals surface area contributed by atoms with Gasteiger partial charge in [-0.2, -0.15) is 0 Å². The lowest BCUT2D eigenvalue weighted by molar-refractivity contribution is -0.138. The van der Waals surface area contributed by atoms with Crippen LogP contribution in [0.25, 0.3) is 0 Å². The molecule has 0 amide bonds. The predicted octanol–water partition coefficient (Wildman–Crippen LogP) is 18.3. The van der Waals surface area contributed by atoms with Crippen LogP contribution in [0.3, 0.4) is 0 Å². The maximum absolute atomic E-state index is 12.9. The smallest absolute Gasteiger partial charge is 0.330 e. The summed E-state index contributed by atoms with van der Waals surface area (Å²) < 4.78 is 50.8. The Morgan fingerprint density at radius 3 is 0.873 bits per heavy atom. The Morgan fingerprint density at radius 2 is 0.671 bits per heavy atom. The van der Waals surface area contributed by atoms with Crippen molar-refractivity contribution in [3.8, 4) is 0 Å². The van der Waals surface area contributed by atoms with E-state index in [1.54, 1.807) is 6.08 Å². The molecule has 2 rings (SSSR count). The van der Waals surface area contributed by atoms with Gasteiger partial charge < -0.3 is 36.0 Å². The highest BCUT2D eigenvalue weighted by molar-refractivity contribution is 6.79. The van der Waals surface area contributed by atoms with E-state index in [-0.39, 0.29) is 84.2 Å². The molecule has 0 bridgehead atoms. The van der Waals surface area contributed by atoms with Crippen LogP contribution in [0.1, 0.15) is 163 Å². The molecular weight excluding hydrogens is 1110 g/mol. The highest BCUT2D eigenvalue weighted by Gasteiger charge is 2.51. The van der Waals surface area contributed by atoms with Crippen molar-refractivity contribution in [2.75, 3.05) is 27.4 Å². The molecule has 0 aliphatic heterocycles. The maximum atomic E-state index is 12.9. The first-order valence-corrected chi connectivity index (χ1v) is 51.2. The third kappa shape index (κ3) is 25.2. The molecule has 2 aliphatic rings. The number of methoxy groups -OCH3 is 2. The molecule has 4 atom stereocenters. The van der Waals surface area contributed by atoms with E-state index in [0.29, 0.717) is 32.1 Å². The summed E-state index contributed by atoms with van der Waals surface area (Å²) in [4.78, 5) is 35.8. The van der Waals surface area contributed by atoms with Crippen molar-refractivity contribution >= 4 is 75.7 Å². The second-order valence-electron chi connectivity index (χ2n) is 33.8. The van der Waals surface area contributed by atoms with E-state index >= 15 is 0 Å². The van der Waals surface area contributed by atoms with E-state index in [1.165, 1.54) is 14.2 Å². The lowest BCUT2D eigenvalue weighted by Crippen LogP contribution is -2.54. The Bertz CT molecular complexity index is 1870. The number of hydrogen-bond acceptors (Lipinski definition) is 11. The number of ketones is 1. The zero-order valence-corrected chi connectivity index (χ0v) is 65.4. The minimum atomic E-state index is -2.06. The molecule has 0 spiro atoms. The van der Waals surface area contributed by atoms with Crippen LogP contribution in [0, 0.1) is 11.8 Å². The van der Waals surface area contributed by atoms with E-state index in [1.807, 2.05) is 0 Å². The van der Waals surface area contributed by atoms with Crippen LogP contribution in [0.5, 0.6) is 0 Å². The number of ether oxygens (including phenoxy) is 2. The normalized spacial score (nSPS) is 21.4. The SMILES string of the molecule is CC(C)(C)[Si](C)(C)OCCC1[C@H](O[Si](C)(C)C(C)(C)C)CC(=O)C[C@H]1O[Si](C)(C)C(C)(C)C.COC(=O)C=C1C[C@@H](O[Si](C)(C)C(C)(C)C)C(CCO[Si](C)(C)C(C)(C)C)[C@H](O[Si](C)(C)C(C)(C)C)C1.COC(=O)C[Si](C)(C)C. The van der Waals surface area contributed by atoms with Crippen LogP contribution in [0.4, 0.5) is 0 Å². The predicted molar refractivity (Wildman–Crippen MR) is 355 cm³/mol. The van der Waals surface area contributed by atoms with Crippen LogP contribution in [-0.4, -0.2) is 128 Å². The van der Waals surface area contributed by atoms with Gasteiger partial charge in [0.2, 0.25) is 0 Å². The first kappa shape index (κ1) is 78.6. The zero-order valence-electron chi connectivity index (χ0n) is 58.4. The van der Waals surface area contributed by atoms with E-state index in [2.05, 4.69) is 228 Å². The number of Topliss-reactive ketones (excluding diaryl/α,β-unsaturated/α-hetero) is 1. The highest BCUT2D eigenvalue weighted by atomic mass is 28.4. The topological polar surface area (TPSA) is 125 Å². The van der Waals surface area contributed by atoms with Crippen LogP contribution in [0.15, 0.2) is 11.6 Å². The molecule has 0 unspecified atom stereocenters. The minimum absolute atomic E-state index is 0.0108. The Labute approximate surface area is 496 Å². The van der Waals surface area contributed by atoms with Crippen LogP contribution >= 0.6 is 0 Å². The molecule has 11 nitrogen and oxygen atoms in total. The molecule has 0 radical (unpaired) electrons. The van der Waals surface area contributed by atoms with Crippen molar-refractivity contribution in [2.24, 2.45) is 11.8 Å². The lowest BCUT2D eigenvalue weighted by atomic mass is 9.79. The molecule has 79 heavy (non-hydrogen) atoms. The summed E-state index contributed by atoms with van der Waals surface area (Å²) in [6.45, 7) is 76.6. The molecule has 2 saturated carbocycles. The minimum Gasteiger partial charge on any atom is -0.469 e. The van der Waals surface area contributed by atoms with Gasteiger partial charge in [-0.15, -0.1) is 0 Å². The number of carbonyl (C=O) groups excluding carboxylic acids is 3. The summed E-state index contributed by atoms with van der Waals surface area (Å²) in [7, 11) is -10.2. The molecule has 468 valence electrons. The largest absolute Gasteiger partial charge is 0.469 e. The second-order valence-corrected chi connectivity index (χ2v) is 67.9. The first-order chi connectivity index (χ1) is 34.7. The monoisotopic (exact) mass is 1230 g/mol. The molecule has 0 aromatic heterocycles. The van der Waals surface area contributed by atoms with Crippen molar-refractivity contribution in [2.45, 2.75) is 322 Å². The van der Waals surface area contributed by atoms with Gasteiger partial charge in [0, 0.05) is 50.0 Å². The van der Waals surface area contributed by atoms with Gasteiger partial charge >= 0.3 is 11.9 Å². The summed E-state index contributed by atoms with van der Waals surface area (Å²) in [5.41, 5.74) is 1.07. The summed E-state index contributed by atoms with van der Waals surface area (Å²) in [5.74, 6) is 0.309. The Balaban J connectivity index is 0.00000134. The van der Waals surface area contributed by atoms with Crippen molar-refractivity contribution < 1.29 is 50.4 Å². The van der Waals surface area contributed by atoms with Crippen molar-refractivity contribution in [3.05, 3.63) is 11.6 Å². The molecular formula is C61H130O11Si7. The van der Waals surface area contributed by atoms with Gasteiger partial charge in [0.25, 0.3) is 0 Å². The Morgan fingerprint density at radius 1 is 0.418 bits per heavy atom. The quantitative estimate of drug-likeness (QED) is 0.0697. The van der Waals surface area contributed by atoms with E-state index < -0.39 is 58.0 Å². The van der Waals surface area contributed by atoms with Gasteiger partial charge in [-0.05, 0) is 134 Å². The van der Waals surface area contributed by atoms with Crippen LogP contribution in [0.2, 0.25) is 134 Å². The molecule has 0 N–H and O–H groups in total. The van der Waals surface area contributed by atoms with Gasteiger partial charge in [0.05, 0.1) is 46.7 Å². The van der Waals surface area contributed by atoms with Crippen molar-refractivity contribution in [3.63, 3.8) is 0 Å². The molecule has 0 saturated heterocycles. The fraction of sp³-hybridized carbons (Fsp3) is 0.918. The average molecular weight is 1240 g/mol. The van der Waals surface area contributed by atoms with Gasteiger partial charge in [0.1, 0.15) is 5.78 Å². The average Bonchev–Trinajstić information content (AvgIpc) is 3.19. The summed E-state index contributed by atoms with van der Waals surface area (Å²) in [6, 6.07) is 0.628. The van der Waals surface area contributed by atoms with E-state index in [9.17, 15) is 14.4 Å². The molecule has 0 aromatic carbocycles. The van der Waals surface area contributed by atoms with Gasteiger partial charge in [-0.3, -0.25) is 9.59 Å². The van der Waals surface area contributed by atoms with Crippen LogP contribution < -0.4 is 0 Å². The molecule has 18 heteroatoms. The number of rotatable bonds is 19. The second kappa shape index (κ2) is 28.9. The fourth-order valence-corrected chi connectivity index (χ4v) is 16.5. The third-order valence-corrected chi connectivity index (χ3v) is 48.0. The highest BCUT2D eigenvalue weighted by Crippen LogP contribution is 2.48. The maximum Gasteiger partial charge on any atom is 0.330 e. The van der Waals surface area contributed by atoms with Gasteiger partial charge in [0.15, 0.2) is 49.9 Å². The van der Waals surface area contributed by atoms with Gasteiger partial charge in [-0.1, -0.05) is 150 Å². The Kier molecular flexibility index (Phi) is 28.7. The molecule has 0 aromatic rings. The zero-order chi connectivity index (χ0) is 63.0. The van der Waals surface area contributed by atoms with Crippen molar-refractivity contribution in [1.29, 1.82) is 0 Å². The number of carbonyl (C=O) groups is 3.